The molecule has 1 fully saturated rings. The fourth-order valence-electron chi connectivity index (χ4n) is 3.11. The topological polar surface area (TPSA) is 66.5 Å². The number of anilines is 1. The number of rotatable bonds is 3. The number of sulfone groups is 1. The molecule has 1 atom stereocenters. The molecule has 0 aromatic heterocycles. The zero-order chi connectivity index (χ0) is 16.4. The molecule has 1 aliphatic rings. The molecule has 0 radical (unpaired) electrons. The summed E-state index contributed by atoms with van der Waals surface area (Å²) in [6, 6.07) is 13.1. The van der Waals surface area contributed by atoms with Crippen molar-refractivity contribution in [3.63, 3.8) is 0 Å². The van der Waals surface area contributed by atoms with Crippen molar-refractivity contribution < 1.29 is 13.2 Å². The second-order valence-electron chi connectivity index (χ2n) is 5.80. The summed E-state index contributed by atoms with van der Waals surface area (Å²) in [5.74, 6) is 0.222. The molecule has 5 nitrogen and oxygen atoms in total. The van der Waals surface area contributed by atoms with Gasteiger partial charge in [0.15, 0.2) is 9.84 Å². The first kappa shape index (κ1) is 15.8. The lowest BCUT2D eigenvalue weighted by molar-refractivity contribution is 0.198. The number of nitrogens with one attached hydrogen (secondary N) is 1. The Labute approximate surface area is 136 Å². The average molecular weight is 332 g/mol. The standard InChI is InChI=1S/C17H20N2O3S/c1-2-19(14-10-11-23(21,22)12-14)17(20)18-16-9-5-7-13-6-3-4-8-15(13)16/h3-9,14H,2,10-12H2,1H3,(H,18,20). The number of hydrogen-bond donors (Lipinski definition) is 1. The SMILES string of the molecule is CCN(C(=O)Nc1cccc2ccccc12)C1CCS(=O)(=O)C1. The van der Waals surface area contributed by atoms with Gasteiger partial charge in [-0.15, -0.1) is 0 Å². The minimum atomic E-state index is -3.01. The predicted octanol–water partition coefficient (Wildman–Crippen LogP) is 2.88. The third-order valence-corrected chi connectivity index (χ3v) is 6.03. The highest BCUT2D eigenvalue weighted by atomic mass is 32.2. The van der Waals surface area contributed by atoms with Crippen molar-refractivity contribution in [2.45, 2.75) is 19.4 Å². The van der Waals surface area contributed by atoms with Gasteiger partial charge in [0, 0.05) is 18.0 Å². The zero-order valence-electron chi connectivity index (χ0n) is 13.0. The Bertz CT molecular complexity index is 827. The predicted molar refractivity (Wildman–Crippen MR) is 92.4 cm³/mol. The second kappa shape index (κ2) is 6.20. The van der Waals surface area contributed by atoms with Crippen LogP contribution in [0, 0.1) is 0 Å². The number of benzene rings is 2. The minimum Gasteiger partial charge on any atom is -0.321 e. The quantitative estimate of drug-likeness (QED) is 0.940. The van der Waals surface area contributed by atoms with Gasteiger partial charge < -0.3 is 10.2 Å². The van der Waals surface area contributed by atoms with Crippen molar-refractivity contribution in [2.24, 2.45) is 0 Å². The van der Waals surface area contributed by atoms with E-state index in [0.29, 0.717) is 13.0 Å². The molecule has 1 unspecified atom stereocenters. The Morgan fingerprint density at radius 2 is 1.96 bits per heavy atom. The molecule has 0 bridgehead atoms. The van der Waals surface area contributed by atoms with Crippen LogP contribution < -0.4 is 5.32 Å². The van der Waals surface area contributed by atoms with Crippen molar-refractivity contribution in [3.05, 3.63) is 42.5 Å². The molecule has 23 heavy (non-hydrogen) atoms. The zero-order valence-corrected chi connectivity index (χ0v) is 13.8. The van der Waals surface area contributed by atoms with Crippen LogP contribution in [-0.4, -0.2) is 43.4 Å². The lowest BCUT2D eigenvalue weighted by Gasteiger charge is -2.27. The van der Waals surface area contributed by atoms with E-state index in [-0.39, 0.29) is 23.6 Å². The van der Waals surface area contributed by atoms with E-state index in [4.69, 9.17) is 0 Å². The van der Waals surface area contributed by atoms with Crippen LogP contribution in [0.5, 0.6) is 0 Å². The van der Waals surface area contributed by atoms with Crippen molar-refractivity contribution in [1.82, 2.24) is 4.90 Å². The van der Waals surface area contributed by atoms with Crippen LogP contribution in [-0.2, 0) is 9.84 Å². The number of amides is 2. The summed E-state index contributed by atoms with van der Waals surface area (Å²) in [6.45, 7) is 2.35. The smallest absolute Gasteiger partial charge is 0.321 e. The van der Waals surface area contributed by atoms with Crippen molar-refractivity contribution in [2.75, 3.05) is 23.4 Å². The van der Waals surface area contributed by atoms with Gasteiger partial charge in [-0.3, -0.25) is 0 Å². The fraction of sp³-hybridized carbons (Fsp3) is 0.353. The van der Waals surface area contributed by atoms with Crippen molar-refractivity contribution >= 4 is 32.3 Å². The van der Waals surface area contributed by atoms with E-state index in [9.17, 15) is 13.2 Å². The maximum absolute atomic E-state index is 12.6. The number of hydrogen-bond acceptors (Lipinski definition) is 3. The van der Waals surface area contributed by atoms with Gasteiger partial charge in [0.05, 0.1) is 17.2 Å². The Hall–Kier alpha value is -2.08. The van der Waals surface area contributed by atoms with Crippen LogP contribution >= 0.6 is 0 Å². The monoisotopic (exact) mass is 332 g/mol. The van der Waals surface area contributed by atoms with Gasteiger partial charge in [0.2, 0.25) is 0 Å². The molecule has 2 aromatic rings. The van der Waals surface area contributed by atoms with Gasteiger partial charge in [0.25, 0.3) is 0 Å². The Morgan fingerprint density at radius 1 is 1.22 bits per heavy atom. The molecule has 1 saturated heterocycles. The van der Waals surface area contributed by atoms with Crippen LogP contribution in [0.15, 0.2) is 42.5 Å². The number of carbonyl (C=O) groups excluding carboxylic acids is 1. The van der Waals surface area contributed by atoms with E-state index in [1.165, 1.54) is 0 Å². The lowest BCUT2D eigenvalue weighted by atomic mass is 10.1. The van der Waals surface area contributed by atoms with Crippen LogP contribution in [0.25, 0.3) is 10.8 Å². The van der Waals surface area contributed by atoms with Crippen LogP contribution in [0.4, 0.5) is 10.5 Å². The van der Waals surface area contributed by atoms with E-state index in [0.717, 1.165) is 16.5 Å². The highest BCUT2D eigenvalue weighted by molar-refractivity contribution is 7.91. The molecule has 1 aliphatic heterocycles. The number of nitrogens with zero attached hydrogens (tertiary/aromatic N) is 1. The summed E-state index contributed by atoms with van der Waals surface area (Å²) in [5, 5.41) is 4.96. The van der Waals surface area contributed by atoms with Gasteiger partial charge >= 0.3 is 6.03 Å². The lowest BCUT2D eigenvalue weighted by Crippen LogP contribution is -2.43. The van der Waals surface area contributed by atoms with E-state index >= 15 is 0 Å². The normalized spacial score (nSPS) is 19.6. The van der Waals surface area contributed by atoms with Crippen molar-refractivity contribution in [3.8, 4) is 0 Å². The van der Waals surface area contributed by atoms with Crippen LogP contribution in [0.2, 0.25) is 0 Å². The molecule has 2 aromatic carbocycles. The highest BCUT2D eigenvalue weighted by Gasteiger charge is 2.34. The van der Waals surface area contributed by atoms with Crippen molar-refractivity contribution in [1.29, 1.82) is 0 Å². The Balaban J connectivity index is 1.82. The van der Waals surface area contributed by atoms with Gasteiger partial charge in [0.1, 0.15) is 0 Å². The molecule has 0 saturated carbocycles. The Morgan fingerprint density at radius 3 is 2.65 bits per heavy atom. The van der Waals surface area contributed by atoms with E-state index < -0.39 is 9.84 Å². The molecule has 1 heterocycles. The van der Waals surface area contributed by atoms with Gasteiger partial charge in [-0.1, -0.05) is 36.4 Å². The fourth-order valence-corrected chi connectivity index (χ4v) is 4.84. The second-order valence-corrected chi connectivity index (χ2v) is 8.03. The van der Waals surface area contributed by atoms with E-state index in [1.807, 2.05) is 49.4 Å². The van der Waals surface area contributed by atoms with Gasteiger partial charge in [-0.05, 0) is 24.8 Å². The molecule has 0 aliphatic carbocycles. The molecule has 6 heteroatoms. The Kier molecular flexibility index (Phi) is 4.26. The number of urea groups is 1. The summed E-state index contributed by atoms with van der Waals surface area (Å²) in [6.07, 6.45) is 0.513. The summed E-state index contributed by atoms with van der Waals surface area (Å²) in [4.78, 5) is 14.2. The minimum absolute atomic E-state index is 0.0593. The van der Waals surface area contributed by atoms with Crippen LogP contribution in [0.3, 0.4) is 0 Å². The van der Waals surface area contributed by atoms with E-state index in [2.05, 4.69) is 5.32 Å². The maximum Gasteiger partial charge on any atom is 0.322 e. The first-order valence-electron chi connectivity index (χ1n) is 7.76. The third kappa shape index (κ3) is 3.32. The average Bonchev–Trinajstić information content (AvgIpc) is 2.88. The maximum atomic E-state index is 12.6. The molecule has 2 amide bonds. The van der Waals surface area contributed by atoms with Crippen LogP contribution in [0.1, 0.15) is 13.3 Å². The first-order valence-corrected chi connectivity index (χ1v) is 9.58. The largest absolute Gasteiger partial charge is 0.322 e. The first-order chi connectivity index (χ1) is 11.0. The molecular weight excluding hydrogens is 312 g/mol. The molecular formula is C17H20N2O3S. The summed E-state index contributed by atoms with van der Waals surface area (Å²) in [7, 11) is -3.01. The van der Waals surface area contributed by atoms with Gasteiger partial charge in [-0.25, -0.2) is 13.2 Å². The number of carbonyl (C=O) groups is 1. The number of fused-ring (bicyclic) bond motifs is 1. The molecule has 1 N–H and O–H groups in total. The summed E-state index contributed by atoms with van der Waals surface area (Å²) < 4.78 is 23.3. The van der Waals surface area contributed by atoms with Gasteiger partial charge in [-0.2, -0.15) is 0 Å². The molecule has 3 rings (SSSR count). The molecule has 0 spiro atoms. The van der Waals surface area contributed by atoms with E-state index in [1.54, 1.807) is 4.90 Å². The summed E-state index contributed by atoms with van der Waals surface area (Å²) in [5.41, 5.74) is 0.743. The molecule has 122 valence electrons. The summed E-state index contributed by atoms with van der Waals surface area (Å²) >= 11 is 0. The highest BCUT2D eigenvalue weighted by Crippen LogP contribution is 2.24. The third-order valence-electron chi connectivity index (χ3n) is 4.28.